The van der Waals surface area contributed by atoms with Gasteiger partial charge in [-0.25, -0.2) is 19.7 Å². The highest BCUT2D eigenvalue weighted by Gasteiger charge is 2.25. The SMILES string of the molecule is O=C1OCCN1c1ccc2nc(Nc3cc(Cc4ccccc4)nc(N[C@H]4CC[C@H](O)CC4)n3)sc2n1. The maximum atomic E-state index is 11.9. The number of nitrogens with zero attached hydrogens (tertiary/aromatic N) is 5. The largest absolute Gasteiger partial charge is 0.447 e. The molecule has 4 heterocycles. The summed E-state index contributed by atoms with van der Waals surface area (Å²) in [5.41, 5.74) is 2.79. The molecule has 0 unspecified atom stereocenters. The number of rotatable bonds is 7. The van der Waals surface area contributed by atoms with Crippen LogP contribution < -0.4 is 15.5 Å². The average Bonchev–Trinajstić information content (AvgIpc) is 3.50. The Morgan fingerprint density at radius 2 is 1.86 bits per heavy atom. The second kappa shape index (κ2) is 10.3. The van der Waals surface area contributed by atoms with Gasteiger partial charge in [-0.05, 0) is 43.4 Å². The van der Waals surface area contributed by atoms with E-state index in [0.29, 0.717) is 42.3 Å². The molecule has 1 aliphatic heterocycles. The van der Waals surface area contributed by atoms with Crippen LogP contribution in [0.2, 0.25) is 0 Å². The summed E-state index contributed by atoms with van der Waals surface area (Å²) in [5, 5.41) is 17.3. The Kier molecular flexibility index (Phi) is 6.54. The van der Waals surface area contributed by atoms with Crippen molar-refractivity contribution in [1.82, 2.24) is 19.9 Å². The third-order valence-corrected chi connectivity index (χ3v) is 7.43. The van der Waals surface area contributed by atoms with Crippen molar-refractivity contribution in [3.05, 3.63) is 59.8 Å². The van der Waals surface area contributed by atoms with E-state index in [2.05, 4.69) is 32.7 Å². The first kappa shape index (κ1) is 23.6. The third kappa shape index (κ3) is 5.47. The average molecular weight is 518 g/mol. The molecule has 3 aromatic heterocycles. The van der Waals surface area contributed by atoms with Crippen molar-refractivity contribution in [1.29, 1.82) is 0 Å². The highest BCUT2D eigenvalue weighted by atomic mass is 32.1. The minimum atomic E-state index is -0.380. The van der Waals surface area contributed by atoms with Crippen LogP contribution in [0.25, 0.3) is 10.3 Å². The number of hydrogen-bond acceptors (Lipinski definition) is 10. The monoisotopic (exact) mass is 517 g/mol. The van der Waals surface area contributed by atoms with Crippen molar-refractivity contribution in [3.63, 3.8) is 0 Å². The summed E-state index contributed by atoms with van der Waals surface area (Å²) in [6, 6.07) is 16.0. The lowest BCUT2D eigenvalue weighted by Crippen LogP contribution is -2.29. The molecule has 2 fully saturated rings. The molecule has 0 bridgehead atoms. The number of ether oxygens (including phenoxy) is 1. The fourth-order valence-corrected chi connectivity index (χ4v) is 5.49. The van der Waals surface area contributed by atoms with Crippen LogP contribution in [0.4, 0.5) is 27.5 Å². The molecule has 37 heavy (non-hydrogen) atoms. The molecular weight excluding hydrogens is 490 g/mol. The molecular formula is C26H27N7O3S. The zero-order valence-corrected chi connectivity index (χ0v) is 20.9. The number of benzene rings is 1. The minimum Gasteiger partial charge on any atom is -0.447 e. The van der Waals surface area contributed by atoms with E-state index < -0.39 is 0 Å². The maximum Gasteiger partial charge on any atom is 0.415 e. The van der Waals surface area contributed by atoms with Crippen LogP contribution in [0.3, 0.4) is 0 Å². The molecule has 2 aliphatic rings. The molecule has 1 aliphatic carbocycles. The zero-order valence-electron chi connectivity index (χ0n) is 20.1. The van der Waals surface area contributed by atoms with E-state index in [1.54, 1.807) is 6.07 Å². The standard InChI is InChI=1S/C26H27N7O3S/c34-19-8-6-17(7-9-19)27-24-28-18(14-16-4-2-1-3-5-16)15-21(30-24)31-25-29-20-10-11-22(32-23(20)37-25)33-12-13-36-26(33)35/h1-5,10-11,15,17,19,34H,6-9,12-14H2,(H2,27,28,29,30,31)/t17-,19-. The molecule has 4 aromatic rings. The molecule has 6 rings (SSSR count). The predicted molar refractivity (Wildman–Crippen MR) is 143 cm³/mol. The minimum absolute atomic E-state index is 0.218. The first-order valence-electron chi connectivity index (χ1n) is 12.4. The van der Waals surface area contributed by atoms with Gasteiger partial charge in [0.2, 0.25) is 5.95 Å². The van der Waals surface area contributed by atoms with Crippen molar-refractivity contribution in [3.8, 4) is 0 Å². The van der Waals surface area contributed by atoms with Crippen molar-refractivity contribution >= 4 is 50.5 Å². The molecule has 0 atom stereocenters. The van der Waals surface area contributed by atoms with Gasteiger partial charge in [0.1, 0.15) is 28.6 Å². The second-order valence-corrected chi connectivity index (χ2v) is 10.3. The van der Waals surface area contributed by atoms with E-state index in [9.17, 15) is 9.90 Å². The van der Waals surface area contributed by atoms with E-state index in [1.807, 2.05) is 30.3 Å². The van der Waals surface area contributed by atoms with E-state index in [0.717, 1.165) is 47.3 Å². The maximum absolute atomic E-state index is 11.9. The highest BCUT2D eigenvalue weighted by Crippen LogP contribution is 2.30. The summed E-state index contributed by atoms with van der Waals surface area (Å²) in [4.78, 5) is 33.0. The number of thiazole rings is 1. The number of carbonyl (C=O) groups is 1. The zero-order chi connectivity index (χ0) is 25.2. The number of aromatic nitrogens is 4. The fraction of sp³-hybridized carbons (Fsp3) is 0.346. The molecule has 1 saturated heterocycles. The topological polar surface area (TPSA) is 125 Å². The van der Waals surface area contributed by atoms with Gasteiger partial charge in [0.15, 0.2) is 5.13 Å². The van der Waals surface area contributed by atoms with Gasteiger partial charge in [-0.2, -0.15) is 4.98 Å². The highest BCUT2D eigenvalue weighted by molar-refractivity contribution is 7.21. The van der Waals surface area contributed by atoms with E-state index in [-0.39, 0.29) is 18.2 Å². The Hall–Kier alpha value is -3.83. The summed E-state index contributed by atoms with van der Waals surface area (Å²) in [6.07, 6.45) is 3.40. The summed E-state index contributed by atoms with van der Waals surface area (Å²) >= 11 is 1.40. The van der Waals surface area contributed by atoms with Crippen LogP contribution in [0, 0.1) is 0 Å². The number of amides is 1. The first-order valence-corrected chi connectivity index (χ1v) is 13.3. The van der Waals surface area contributed by atoms with Crippen LogP contribution in [0.5, 0.6) is 0 Å². The number of nitrogens with one attached hydrogen (secondary N) is 2. The van der Waals surface area contributed by atoms with E-state index >= 15 is 0 Å². The van der Waals surface area contributed by atoms with Crippen LogP contribution in [-0.4, -0.2) is 56.4 Å². The molecule has 3 N–H and O–H groups in total. The van der Waals surface area contributed by atoms with Crippen molar-refractivity contribution in [2.45, 2.75) is 44.2 Å². The summed E-state index contributed by atoms with van der Waals surface area (Å²) < 4.78 is 5.03. The van der Waals surface area contributed by atoms with Gasteiger partial charge in [0.25, 0.3) is 0 Å². The summed E-state index contributed by atoms with van der Waals surface area (Å²) in [5.74, 6) is 1.76. The van der Waals surface area contributed by atoms with Crippen LogP contribution in [0.1, 0.15) is 36.9 Å². The molecule has 190 valence electrons. The molecule has 1 amide bonds. The molecule has 0 spiro atoms. The first-order chi connectivity index (χ1) is 18.1. The van der Waals surface area contributed by atoms with Crippen LogP contribution in [0.15, 0.2) is 48.5 Å². The predicted octanol–water partition coefficient (Wildman–Crippen LogP) is 4.49. The molecule has 0 radical (unpaired) electrons. The smallest absolute Gasteiger partial charge is 0.415 e. The Balaban J connectivity index is 1.26. The molecule has 11 heteroatoms. The lowest BCUT2D eigenvalue weighted by Gasteiger charge is -2.26. The van der Waals surface area contributed by atoms with Gasteiger partial charge in [0, 0.05) is 18.5 Å². The Morgan fingerprint density at radius 1 is 1.03 bits per heavy atom. The quantitative estimate of drug-likeness (QED) is 0.325. The van der Waals surface area contributed by atoms with Gasteiger partial charge in [-0.15, -0.1) is 0 Å². The van der Waals surface area contributed by atoms with E-state index in [4.69, 9.17) is 14.7 Å². The number of aliphatic hydroxyl groups is 1. The third-order valence-electron chi connectivity index (χ3n) is 6.55. The van der Waals surface area contributed by atoms with Crippen molar-refractivity contribution < 1.29 is 14.6 Å². The van der Waals surface area contributed by atoms with Gasteiger partial charge >= 0.3 is 6.09 Å². The van der Waals surface area contributed by atoms with E-state index in [1.165, 1.54) is 16.2 Å². The number of carbonyl (C=O) groups excluding carboxylic acids is 1. The number of fused-ring (bicyclic) bond motifs is 1. The number of anilines is 4. The summed E-state index contributed by atoms with van der Waals surface area (Å²) in [6.45, 7) is 0.854. The van der Waals surface area contributed by atoms with Crippen LogP contribution in [-0.2, 0) is 11.2 Å². The van der Waals surface area contributed by atoms with Gasteiger partial charge in [-0.1, -0.05) is 41.7 Å². The number of aliphatic hydroxyl groups excluding tert-OH is 1. The van der Waals surface area contributed by atoms with Gasteiger partial charge in [-0.3, -0.25) is 4.90 Å². The molecule has 10 nitrogen and oxygen atoms in total. The summed E-state index contributed by atoms with van der Waals surface area (Å²) in [7, 11) is 0. The number of hydrogen-bond donors (Lipinski definition) is 3. The van der Waals surface area contributed by atoms with Crippen molar-refractivity contribution in [2.24, 2.45) is 0 Å². The molecule has 1 saturated carbocycles. The Labute approximate surface area is 217 Å². The normalized spacial score (nSPS) is 19.7. The lowest BCUT2D eigenvalue weighted by atomic mass is 9.93. The Morgan fingerprint density at radius 3 is 2.65 bits per heavy atom. The van der Waals surface area contributed by atoms with Crippen LogP contribution >= 0.6 is 11.3 Å². The second-order valence-electron chi connectivity index (χ2n) is 9.28. The fourth-order valence-electron chi connectivity index (χ4n) is 4.65. The number of cyclic esters (lactones) is 1. The van der Waals surface area contributed by atoms with Gasteiger partial charge < -0.3 is 20.5 Å². The number of pyridine rings is 1. The van der Waals surface area contributed by atoms with Crippen molar-refractivity contribution in [2.75, 3.05) is 28.7 Å². The molecule has 1 aromatic carbocycles. The Bertz CT molecular complexity index is 1410. The lowest BCUT2D eigenvalue weighted by molar-refractivity contribution is 0.126. The van der Waals surface area contributed by atoms with Gasteiger partial charge in [0.05, 0.1) is 18.3 Å².